The first-order chi connectivity index (χ1) is 9.09. The van der Waals surface area contributed by atoms with Crippen molar-refractivity contribution in [2.24, 2.45) is 5.92 Å². The lowest BCUT2D eigenvalue weighted by Gasteiger charge is -2.18. The molecule has 1 aliphatic heterocycles. The first kappa shape index (κ1) is 14.3. The fourth-order valence-electron chi connectivity index (χ4n) is 2.44. The van der Waals surface area contributed by atoms with Crippen molar-refractivity contribution in [3.63, 3.8) is 0 Å². The lowest BCUT2D eigenvalue weighted by molar-refractivity contribution is 0.397. The second-order valence-electron chi connectivity index (χ2n) is 4.73. The highest BCUT2D eigenvalue weighted by atomic mass is 32.2. The van der Waals surface area contributed by atoms with E-state index in [0.717, 1.165) is 13.0 Å². The van der Waals surface area contributed by atoms with E-state index >= 15 is 0 Å². The number of rotatable bonds is 5. The Balaban J connectivity index is 2.24. The number of ether oxygens (including phenoxy) is 1. The van der Waals surface area contributed by atoms with Crippen molar-refractivity contribution in [2.75, 3.05) is 33.8 Å². The van der Waals surface area contributed by atoms with E-state index in [2.05, 4.69) is 5.32 Å². The summed E-state index contributed by atoms with van der Waals surface area (Å²) in [6.07, 6.45) is 0.898. The van der Waals surface area contributed by atoms with Crippen molar-refractivity contribution >= 4 is 10.0 Å². The Kier molecular flexibility index (Phi) is 4.44. The van der Waals surface area contributed by atoms with Crippen LogP contribution in [-0.2, 0) is 10.0 Å². The van der Waals surface area contributed by atoms with Gasteiger partial charge >= 0.3 is 0 Å². The van der Waals surface area contributed by atoms with Crippen LogP contribution in [0.2, 0.25) is 0 Å². The SMILES string of the molecule is CNC[C@@H]1CCN(S(=O)(=O)c2ccccc2OC)C1. The Morgan fingerprint density at radius 3 is 2.84 bits per heavy atom. The van der Waals surface area contributed by atoms with Gasteiger partial charge in [0.1, 0.15) is 10.6 Å². The van der Waals surface area contributed by atoms with Crippen molar-refractivity contribution in [1.82, 2.24) is 9.62 Å². The molecular formula is C13H20N2O3S. The normalized spacial score (nSPS) is 20.6. The van der Waals surface area contributed by atoms with Crippen molar-refractivity contribution in [2.45, 2.75) is 11.3 Å². The lowest BCUT2D eigenvalue weighted by atomic mass is 10.1. The zero-order valence-electron chi connectivity index (χ0n) is 11.3. The molecule has 6 heteroatoms. The minimum Gasteiger partial charge on any atom is -0.495 e. The minimum absolute atomic E-state index is 0.252. The zero-order valence-corrected chi connectivity index (χ0v) is 12.1. The van der Waals surface area contributed by atoms with E-state index in [1.807, 2.05) is 7.05 Å². The van der Waals surface area contributed by atoms with Gasteiger partial charge in [0.15, 0.2) is 0 Å². The Morgan fingerprint density at radius 2 is 2.16 bits per heavy atom. The Bertz CT molecular complexity index is 530. The molecule has 1 atom stereocenters. The van der Waals surface area contributed by atoms with E-state index < -0.39 is 10.0 Å². The highest BCUT2D eigenvalue weighted by Gasteiger charge is 2.33. The molecule has 0 radical (unpaired) electrons. The molecule has 5 nitrogen and oxygen atoms in total. The molecule has 106 valence electrons. The van der Waals surface area contributed by atoms with Gasteiger partial charge < -0.3 is 10.1 Å². The summed E-state index contributed by atoms with van der Waals surface area (Å²) in [6, 6.07) is 6.76. The molecule has 1 heterocycles. The van der Waals surface area contributed by atoms with Gasteiger partial charge in [0, 0.05) is 13.1 Å². The van der Waals surface area contributed by atoms with Crippen LogP contribution in [0.5, 0.6) is 5.75 Å². The van der Waals surface area contributed by atoms with Gasteiger partial charge in [-0.1, -0.05) is 12.1 Å². The van der Waals surface area contributed by atoms with E-state index in [1.54, 1.807) is 28.6 Å². The zero-order chi connectivity index (χ0) is 13.9. The number of nitrogens with one attached hydrogen (secondary N) is 1. The Morgan fingerprint density at radius 1 is 1.42 bits per heavy atom. The first-order valence-electron chi connectivity index (χ1n) is 6.37. The van der Waals surface area contributed by atoms with Gasteiger partial charge in [-0.15, -0.1) is 0 Å². The van der Waals surface area contributed by atoms with Crippen LogP contribution >= 0.6 is 0 Å². The monoisotopic (exact) mass is 284 g/mol. The molecule has 2 rings (SSSR count). The number of methoxy groups -OCH3 is 1. The molecule has 1 aromatic rings. The summed E-state index contributed by atoms with van der Waals surface area (Å²) in [6.45, 7) is 1.99. The Labute approximate surface area is 114 Å². The van der Waals surface area contributed by atoms with Gasteiger partial charge in [0.2, 0.25) is 10.0 Å². The van der Waals surface area contributed by atoms with Crippen LogP contribution in [0.1, 0.15) is 6.42 Å². The largest absolute Gasteiger partial charge is 0.495 e. The highest BCUT2D eigenvalue weighted by Crippen LogP contribution is 2.29. The molecular weight excluding hydrogens is 264 g/mol. The average Bonchev–Trinajstić information content (AvgIpc) is 2.88. The molecule has 19 heavy (non-hydrogen) atoms. The summed E-state index contributed by atoms with van der Waals surface area (Å²) in [7, 11) is -0.0776. The molecule has 0 unspecified atom stereocenters. The fraction of sp³-hybridized carbons (Fsp3) is 0.538. The fourth-order valence-corrected chi connectivity index (χ4v) is 4.13. The molecule has 1 aromatic carbocycles. The number of para-hydroxylation sites is 1. The number of hydrogen-bond acceptors (Lipinski definition) is 4. The number of nitrogens with zero attached hydrogens (tertiary/aromatic N) is 1. The molecule has 1 fully saturated rings. The molecule has 0 aliphatic carbocycles. The first-order valence-corrected chi connectivity index (χ1v) is 7.81. The summed E-state index contributed by atoms with van der Waals surface area (Å²) < 4.78 is 31.9. The van der Waals surface area contributed by atoms with E-state index in [1.165, 1.54) is 7.11 Å². The van der Waals surface area contributed by atoms with Crippen molar-refractivity contribution in [1.29, 1.82) is 0 Å². The van der Waals surface area contributed by atoms with Gasteiger partial charge in [-0.2, -0.15) is 4.31 Å². The topological polar surface area (TPSA) is 58.6 Å². The maximum atomic E-state index is 12.6. The Hall–Kier alpha value is -1.11. The van der Waals surface area contributed by atoms with Crippen molar-refractivity contribution in [3.8, 4) is 5.75 Å². The molecule has 0 amide bonds. The van der Waals surface area contributed by atoms with Gasteiger partial charge in [-0.3, -0.25) is 0 Å². The molecule has 1 aliphatic rings. The van der Waals surface area contributed by atoms with Crippen LogP contribution in [0, 0.1) is 5.92 Å². The van der Waals surface area contributed by atoms with Gasteiger partial charge in [-0.25, -0.2) is 8.42 Å². The predicted octanol–water partition coefficient (Wildman–Crippen LogP) is 0.925. The van der Waals surface area contributed by atoms with E-state index in [-0.39, 0.29) is 4.90 Å². The van der Waals surface area contributed by atoms with E-state index in [4.69, 9.17) is 4.74 Å². The minimum atomic E-state index is -3.45. The van der Waals surface area contributed by atoms with Crippen LogP contribution in [0.15, 0.2) is 29.2 Å². The van der Waals surface area contributed by atoms with Gasteiger partial charge in [-0.05, 0) is 38.1 Å². The van der Waals surface area contributed by atoms with Crippen molar-refractivity contribution < 1.29 is 13.2 Å². The molecule has 1 N–H and O–H groups in total. The van der Waals surface area contributed by atoms with Crippen molar-refractivity contribution in [3.05, 3.63) is 24.3 Å². The quantitative estimate of drug-likeness (QED) is 0.874. The lowest BCUT2D eigenvalue weighted by Crippen LogP contribution is -2.30. The van der Waals surface area contributed by atoms with Crippen LogP contribution in [0.4, 0.5) is 0 Å². The average molecular weight is 284 g/mol. The molecule has 1 saturated heterocycles. The summed E-state index contributed by atoms with van der Waals surface area (Å²) in [5, 5.41) is 3.10. The van der Waals surface area contributed by atoms with E-state index in [9.17, 15) is 8.42 Å². The molecule has 0 bridgehead atoms. The molecule has 0 aromatic heterocycles. The predicted molar refractivity (Wildman–Crippen MR) is 73.8 cm³/mol. The number of sulfonamides is 1. The van der Waals surface area contributed by atoms with E-state index in [0.29, 0.717) is 24.8 Å². The highest BCUT2D eigenvalue weighted by molar-refractivity contribution is 7.89. The standard InChI is InChI=1S/C13H20N2O3S/c1-14-9-11-7-8-15(10-11)19(16,17)13-6-4-3-5-12(13)18-2/h3-6,11,14H,7-10H2,1-2H3/t11-/m0/s1. The van der Waals surface area contributed by atoms with Gasteiger partial charge in [0.25, 0.3) is 0 Å². The smallest absolute Gasteiger partial charge is 0.246 e. The van der Waals surface area contributed by atoms with Crippen LogP contribution < -0.4 is 10.1 Å². The summed E-state index contributed by atoms with van der Waals surface area (Å²) in [5.41, 5.74) is 0. The summed E-state index contributed by atoms with van der Waals surface area (Å²) >= 11 is 0. The maximum absolute atomic E-state index is 12.6. The van der Waals surface area contributed by atoms with Crippen LogP contribution in [-0.4, -0.2) is 46.5 Å². The van der Waals surface area contributed by atoms with Crippen LogP contribution in [0.3, 0.4) is 0 Å². The second-order valence-corrected chi connectivity index (χ2v) is 6.63. The number of benzene rings is 1. The third-order valence-electron chi connectivity index (χ3n) is 3.43. The third-order valence-corrected chi connectivity index (χ3v) is 5.33. The summed E-state index contributed by atoms with van der Waals surface area (Å²) in [5.74, 6) is 0.786. The summed E-state index contributed by atoms with van der Waals surface area (Å²) in [4.78, 5) is 0.252. The third kappa shape index (κ3) is 2.91. The number of hydrogen-bond donors (Lipinski definition) is 1. The van der Waals surface area contributed by atoms with Crippen LogP contribution in [0.25, 0.3) is 0 Å². The maximum Gasteiger partial charge on any atom is 0.246 e. The molecule has 0 spiro atoms. The van der Waals surface area contributed by atoms with Gasteiger partial charge in [0.05, 0.1) is 7.11 Å². The molecule has 0 saturated carbocycles. The second kappa shape index (κ2) is 5.90.